The monoisotopic (exact) mass is 260 g/mol. The molecule has 0 bridgehead atoms. The Balaban J connectivity index is 2.30. The molecule has 0 saturated carbocycles. The van der Waals surface area contributed by atoms with Gasteiger partial charge in [-0.1, -0.05) is 12.1 Å². The van der Waals surface area contributed by atoms with Crippen molar-refractivity contribution >= 4 is 17.6 Å². The normalized spacial score (nSPS) is 9.95. The Morgan fingerprint density at radius 3 is 2.58 bits per heavy atom. The quantitative estimate of drug-likeness (QED) is 0.886. The smallest absolute Gasteiger partial charge is 0.337 e. The van der Waals surface area contributed by atoms with Crippen LogP contribution in [0.5, 0.6) is 0 Å². The molecule has 0 aliphatic heterocycles. The molecule has 0 aliphatic carbocycles. The van der Waals surface area contributed by atoms with Gasteiger partial charge >= 0.3 is 5.97 Å². The molecular weight excluding hydrogens is 251 g/mol. The first-order valence-corrected chi connectivity index (χ1v) is 5.34. The number of hydrogen-bond acceptors (Lipinski definition) is 3. The summed E-state index contributed by atoms with van der Waals surface area (Å²) in [5.41, 5.74) is -0.375. The Morgan fingerprint density at radius 2 is 1.89 bits per heavy atom. The van der Waals surface area contributed by atoms with Crippen molar-refractivity contribution in [3.8, 4) is 0 Å². The molecule has 0 unspecified atom stereocenters. The summed E-state index contributed by atoms with van der Waals surface area (Å²) >= 11 is 0. The number of aromatic nitrogens is 1. The van der Waals surface area contributed by atoms with Crippen LogP contribution in [0.4, 0.5) is 10.1 Å². The van der Waals surface area contributed by atoms with Crippen LogP contribution >= 0.6 is 0 Å². The van der Waals surface area contributed by atoms with Crippen LogP contribution in [0.25, 0.3) is 0 Å². The van der Waals surface area contributed by atoms with Gasteiger partial charge in [-0.15, -0.1) is 0 Å². The maximum absolute atomic E-state index is 13.4. The lowest BCUT2D eigenvalue weighted by atomic mass is 10.1. The fourth-order valence-electron chi connectivity index (χ4n) is 1.51. The largest absolute Gasteiger partial charge is 0.478 e. The van der Waals surface area contributed by atoms with E-state index in [0.29, 0.717) is 0 Å². The summed E-state index contributed by atoms with van der Waals surface area (Å²) in [4.78, 5) is 26.4. The molecule has 2 rings (SSSR count). The minimum absolute atomic E-state index is 0.0767. The van der Waals surface area contributed by atoms with Gasteiger partial charge in [0.15, 0.2) is 11.5 Å². The van der Waals surface area contributed by atoms with Crippen LogP contribution in [0.3, 0.4) is 0 Å². The van der Waals surface area contributed by atoms with Crippen LogP contribution in [0.2, 0.25) is 0 Å². The van der Waals surface area contributed by atoms with Crippen molar-refractivity contribution in [1.29, 1.82) is 0 Å². The van der Waals surface area contributed by atoms with Crippen LogP contribution in [-0.2, 0) is 0 Å². The lowest BCUT2D eigenvalue weighted by Crippen LogP contribution is -2.17. The van der Waals surface area contributed by atoms with E-state index in [4.69, 9.17) is 5.11 Å². The molecule has 0 atom stereocenters. The number of carboxylic acids is 1. The number of carbonyl (C=O) groups excluding carboxylic acids is 1. The second kappa shape index (κ2) is 5.26. The van der Waals surface area contributed by atoms with E-state index < -0.39 is 17.7 Å². The van der Waals surface area contributed by atoms with E-state index in [0.717, 1.165) is 6.07 Å². The van der Waals surface area contributed by atoms with Gasteiger partial charge < -0.3 is 10.4 Å². The van der Waals surface area contributed by atoms with E-state index in [9.17, 15) is 14.0 Å². The number of carboxylic acid groups (broad SMARTS) is 1. The van der Waals surface area contributed by atoms with Gasteiger partial charge in [0, 0.05) is 6.20 Å². The predicted octanol–water partition coefficient (Wildman–Crippen LogP) is 2.17. The molecule has 0 spiro atoms. The summed E-state index contributed by atoms with van der Waals surface area (Å²) in [6.07, 6.45) is 1.28. The lowest BCUT2D eigenvalue weighted by Gasteiger charge is -2.07. The molecule has 0 saturated heterocycles. The highest BCUT2D eigenvalue weighted by Gasteiger charge is 2.16. The van der Waals surface area contributed by atoms with E-state index in [2.05, 4.69) is 10.3 Å². The number of aromatic carboxylic acids is 1. The van der Waals surface area contributed by atoms with Crippen molar-refractivity contribution < 1.29 is 19.1 Å². The summed E-state index contributed by atoms with van der Waals surface area (Å²) in [7, 11) is 0. The van der Waals surface area contributed by atoms with Crippen LogP contribution < -0.4 is 5.32 Å². The molecule has 1 heterocycles. The second-order valence-electron chi connectivity index (χ2n) is 3.64. The first-order valence-electron chi connectivity index (χ1n) is 5.34. The van der Waals surface area contributed by atoms with E-state index in [-0.39, 0.29) is 16.9 Å². The molecule has 2 N–H and O–H groups in total. The zero-order valence-electron chi connectivity index (χ0n) is 9.63. The lowest BCUT2D eigenvalue weighted by molar-refractivity contribution is 0.0698. The minimum atomic E-state index is -1.18. The summed E-state index contributed by atoms with van der Waals surface area (Å²) in [5, 5.41) is 11.3. The molecule has 1 aromatic heterocycles. The van der Waals surface area contributed by atoms with Crippen molar-refractivity contribution in [2.75, 3.05) is 5.32 Å². The van der Waals surface area contributed by atoms with Crippen LogP contribution in [-0.4, -0.2) is 22.0 Å². The Bertz CT molecular complexity index is 643. The van der Waals surface area contributed by atoms with Gasteiger partial charge in [0.05, 0.1) is 11.3 Å². The molecule has 0 radical (unpaired) electrons. The van der Waals surface area contributed by atoms with Gasteiger partial charge in [-0.2, -0.15) is 0 Å². The molecular formula is C13H9FN2O3. The SMILES string of the molecule is O=C(O)c1ccccc1NC(=O)c1ncccc1F. The third-order valence-corrected chi connectivity index (χ3v) is 2.38. The second-order valence-corrected chi connectivity index (χ2v) is 3.64. The topological polar surface area (TPSA) is 79.3 Å². The number of carbonyl (C=O) groups is 2. The van der Waals surface area contributed by atoms with Crippen molar-refractivity contribution in [2.45, 2.75) is 0 Å². The van der Waals surface area contributed by atoms with E-state index >= 15 is 0 Å². The molecule has 6 heteroatoms. The fourth-order valence-corrected chi connectivity index (χ4v) is 1.51. The van der Waals surface area contributed by atoms with Gasteiger partial charge in [0.2, 0.25) is 0 Å². The number of amides is 1. The Morgan fingerprint density at radius 1 is 1.16 bits per heavy atom. The highest BCUT2D eigenvalue weighted by Crippen LogP contribution is 2.16. The number of hydrogen-bond donors (Lipinski definition) is 2. The third kappa shape index (κ3) is 2.74. The number of halogens is 1. The molecule has 0 fully saturated rings. The van der Waals surface area contributed by atoms with Crippen molar-refractivity contribution in [2.24, 2.45) is 0 Å². The number of rotatable bonds is 3. The summed E-state index contributed by atoms with van der Waals surface area (Å²) < 4.78 is 13.4. The van der Waals surface area contributed by atoms with E-state index in [1.165, 1.54) is 30.5 Å². The molecule has 1 aromatic carbocycles. The fraction of sp³-hybridized carbons (Fsp3) is 0. The van der Waals surface area contributed by atoms with Crippen molar-refractivity contribution in [3.63, 3.8) is 0 Å². The number of para-hydroxylation sites is 1. The highest BCUT2D eigenvalue weighted by atomic mass is 19.1. The van der Waals surface area contributed by atoms with E-state index in [1.807, 2.05) is 0 Å². The summed E-state index contributed by atoms with van der Waals surface area (Å²) in [6, 6.07) is 8.31. The number of benzene rings is 1. The zero-order valence-corrected chi connectivity index (χ0v) is 9.63. The predicted molar refractivity (Wildman–Crippen MR) is 65.5 cm³/mol. The molecule has 19 heavy (non-hydrogen) atoms. The average molecular weight is 260 g/mol. The van der Waals surface area contributed by atoms with Crippen LogP contribution in [0.15, 0.2) is 42.6 Å². The summed E-state index contributed by atoms with van der Waals surface area (Å²) in [5.74, 6) is -2.75. The number of nitrogens with one attached hydrogen (secondary N) is 1. The van der Waals surface area contributed by atoms with Crippen molar-refractivity contribution in [1.82, 2.24) is 4.98 Å². The summed E-state index contributed by atoms with van der Waals surface area (Å²) in [6.45, 7) is 0. The maximum Gasteiger partial charge on any atom is 0.337 e. The number of pyridine rings is 1. The first kappa shape index (κ1) is 12.7. The maximum atomic E-state index is 13.4. The Labute approximate surface area is 107 Å². The molecule has 96 valence electrons. The van der Waals surface area contributed by atoms with Crippen LogP contribution in [0.1, 0.15) is 20.8 Å². The molecule has 0 aliphatic rings. The molecule has 5 nitrogen and oxygen atoms in total. The average Bonchev–Trinajstić information content (AvgIpc) is 2.39. The van der Waals surface area contributed by atoms with Gasteiger partial charge in [0.1, 0.15) is 0 Å². The third-order valence-electron chi connectivity index (χ3n) is 2.38. The highest BCUT2D eigenvalue weighted by molar-refractivity contribution is 6.06. The first-order chi connectivity index (χ1) is 9.09. The van der Waals surface area contributed by atoms with Crippen molar-refractivity contribution in [3.05, 3.63) is 59.7 Å². The van der Waals surface area contributed by atoms with Crippen LogP contribution in [0, 0.1) is 5.82 Å². The zero-order chi connectivity index (χ0) is 13.8. The molecule has 1 amide bonds. The Hall–Kier alpha value is -2.76. The van der Waals surface area contributed by atoms with E-state index in [1.54, 1.807) is 6.07 Å². The Kier molecular flexibility index (Phi) is 3.51. The van der Waals surface area contributed by atoms with Gasteiger partial charge in [-0.25, -0.2) is 14.2 Å². The van der Waals surface area contributed by atoms with Gasteiger partial charge in [0.25, 0.3) is 5.91 Å². The minimum Gasteiger partial charge on any atom is -0.478 e. The van der Waals surface area contributed by atoms with Gasteiger partial charge in [-0.3, -0.25) is 4.79 Å². The number of nitrogens with zero attached hydrogens (tertiary/aromatic N) is 1. The van der Waals surface area contributed by atoms with Gasteiger partial charge in [-0.05, 0) is 24.3 Å². The molecule has 2 aromatic rings. The standard InChI is InChI=1S/C13H9FN2O3/c14-9-5-3-7-15-11(9)12(17)16-10-6-2-1-4-8(10)13(18)19/h1-7H,(H,16,17)(H,18,19). The number of anilines is 1.